The van der Waals surface area contributed by atoms with Crippen molar-refractivity contribution in [3.63, 3.8) is 0 Å². The molecule has 1 aliphatic rings. The molecule has 0 spiro atoms. The van der Waals surface area contributed by atoms with Crippen molar-refractivity contribution in [3.8, 4) is 11.1 Å². The van der Waals surface area contributed by atoms with E-state index in [0.29, 0.717) is 25.8 Å². The normalized spacial score (nSPS) is 12.7. The van der Waals surface area contributed by atoms with Crippen LogP contribution in [0.2, 0.25) is 0 Å². The number of rotatable bonds is 12. The van der Waals surface area contributed by atoms with Gasteiger partial charge in [-0.25, -0.2) is 9.59 Å². The fourth-order valence-electron chi connectivity index (χ4n) is 5.22. The molecule has 0 aliphatic heterocycles. The molecule has 0 fully saturated rings. The lowest BCUT2D eigenvalue weighted by Gasteiger charge is -2.23. The quantitative estimate of drug-likeness (QED) is 0.160. The first-order valence-corrected chi connectivity index (χ1v) is 15.3. The Kier molecular flexibility index (Phi) is 11.6. The summed E-state index contributed by atoms with van der Waals surface area (Å²) < 4.78 is 10.8. The van der Waals surface area contributed by atoms with Gasteiger partial charge in [0.05, 0.1) is 0 Å². The molecule has 0 radical (unpaired) electrons. The van der Waals surface area contributed by atoms with E-state index in [0.717, 1.165) is 16.7 Å². The van der Waals surface area contributed by atoms with Crippen molar-refractivity contribution in [3.05, 3.63) is 95.6 Å². The number of alkyl carbamates (subject to hydrolysis) is 2. The molecule has 0 saturated heterocycles. The van der Waals surface area contributed by atoms with Gasteiger partial charge in [-0.05, 0) is 61.4 Å². The lowest BCUT2D eigenvalue weighted by Crippen LogP contribution is -2.53. The lowest BCUT2D eigenvalue weighted by molar-refractivity contribution is -0.130. The number of ether oxygens (including phenoxy) is 2. The molecule has 10 heteroatoms. The summed E-state index contributed by atoms with van der Waals surface area (Å²) in [7, 11) is 0. The average Bonchev–Trinajstić information content (AvgIpc) is 3.33. The van der Waals surface area contributed by atoms with Crippen molar-refractivity contribution in [2.45, 2.75) is 70.4 Å². The van der Waals surface area contributed by atoms with E-state index < -0.39 is 29.7 Å². The van der Waals surface area contributed by atoms with Crippen LogP contribution in [0.5, 0.6) is 0 Å². The standard InChI is InChI=1S/C35H42N4O6/c1-35(2,3)45-34(43)37-30(22-24-14-6-4-7-15-24)32(41)39-38-31(40)20-8-5-13-21-36-33(42)44-23-29-27-18-11-9-16-25(27)26-17-10-12-19-28(26)29/h4,6-7,9-12,14-19,29-30H,5,8,13,20-23H2,1-3H3,(H,36,42)(H,37,43)(H,38,40)(H,39,41). The molecule has 0 bridgehead atoms. The highest BCUT2D eigenvalue weighted by atomic mass is 16.6. The summed E-state index contributed by atoms with van der Waals surface area (Å²) in [6, 6.07) is 24.6. The highest BCUT2D eigenvalue weighted by Crippen LogP contribution is 2.44. The monoisotopic (exact) mass is 614 g/mol. The minimum Gasteiger partial charge on any atom is -0.449 e. The highest BCUT2D eigenvalue weighted by molar-refractivity contribution is 5.88. The van der Waals surface area contributed by atoms with Crippen LogP contribution in [-0.4, -0.2) is 48.8 Å². The predicted molar refractivity (Wildman–Crippen MR) is 171 cm³/mol. The maximum absolute atomic E-state index is 12.8. The smallest absolute Gasteiger partial charge is 0.408 e. The van der Waals surface area contributed by atoms with E-state index in [1.165, 1.54) is 11.1 Å². The number of unbranched alkanes of at least 4 members (excludes halogenated alkanes) is 2. The molecule has 4 amide bonds. The topological polar surface area (TPSA) is 135 Å². The second-order valence-corrected chi connectivity index (χ2v) is 12.0. The van der Waals surface area contributed by atoms with Crippen molar-refractivity contribution in [2.75, 3.05) is 13.2 Å². The van der Waals surface area contributed by atoms with Crippen LogP contribution in [-0.2, 0) is 25.5 Å². The zero-order valence-electron chi connectivity index (χ0n) is 26.1. The van der Waals surface area contributed by atoms with Crippen LogP contribution >= 0.6 is 0 Å². The molecular formula is C35H42N4O6. The third-order valence-electron chi connectivity index (χ3n) is 7.31. The summed E-state index contributed by atoms with van der Waals surface area (Å²) in [5.41, 5.74) is 9.61. The average molecular weight is 615 g/mol. The van der Waals surface area contributed by atoms with Gasteiger partial charge in [-0.1, -0.05) is 85.3 Å². The Morgan fingerprint density at radius 1 is 0.756 bits per heavy atom. The zero-order chi connectivity index (χ0) is 32.2. The van der Waals surface area contributed by atoms with Gasteiger partial charge in [0.2, 0.25) is 5.91 Å². The van der Waals surface area contributed by atoms with E-state index in [1.54, 1.807) is 20.8 Å². The second-order valence-electron chi connectivity index (χ2n) is 12.0. The molecule has 0 saturated carbocycles. The number of fused-ring (bicyclic) bond motifs is 3. The Balaban J connectivity index is 1.12. The Bertz CT molecular complexity index is 1420. The zero-order valence-corrected chi connectivity index (χ0v) is 26.1. The number of benzene rings is 3. The lowest BCUT2D eigenvalue weighted by atomic mass is 9.98. The molecule has 0 aromatic heterocycles. The Morgan fingerprint density at radius 3 is 2.02 bits per heavy atom. The van der Waals surface area contributed by atoms with Gasteiger partial charge in [-0.2, -0.15) is 0 Å². The molecule has 45 heavy (non-hydrogen) atoms. The van der Waals surface area contributed by atoms with E-state index >= 15 is 0 Å². The molecule has 3 aromatic carbocycles. The number of amides is 4. The van der Waals surface area contributed by atoms with Crippen LogP contribution in [0.3, 0.4) is 0 Å². The highest BCUT2D eigenvalue weighted by Gasteiger charge is 2.29. The first kappa shape index (κ1) is 33.0. The SMILES string of the molecule is CC(C)(C)OC(=O)NC(Cc1ccccc1)C(=O)NNC(=O)CCCCCNC(=O)OCC1c2ccccc2-c2ccccc21. The maximum atomic E-state index is 12.8. The van der Waals surface area contributed by atoms with Gasteiger partial charge in [0.15, 0.2) is 0 Å². The van der Waals surface area contributed by atoms with E-state index in [4.69, 9.17) is 9.47 Å². The molecular weight excluding hydrogens is 572 g/mol. The van der Waals surface area contributed by atoms with Gasteiger partial charge in [-0.15, -0.1) is 0 Å². The Morgan fingerprint density at radius 2 is 1.38 bits per heavy atom. The van der Waals surface area contributed by atoms with Crippen molar-refractivity contribution in [1.82, 2.24) is 21.5 Å². The summed E-state index contributed by atoms with van der Waals surface area (Å²) >= 11 is 0. The molecule has 0 heterocycles. The van der Waals surface area contributed by atoms with E-state index in [1.807, 2.05) is 54.6 Å². The Labute approximate surface area is 264 Å². The van der Waals surface area contributed by atoms with E-state index in [9.17, 15) is 19.2 Å². The molecule has 238 valence electrons. The number of hydrogen-bond acceptors (Lipinski definition) is 6. The van der Waals surface area contributed by atoms with Gasteiger partial charge in [0.1, 0.15) is 18.2 Å². The summed E-state index contributed by atoms with van der Waals surface area (Å²) in [4.78, 5) is 49.9. The molecule has 4 rings (SSSR count). The van der Waals surface area contributed by atoms with Crippen molar-refractivity contribution in [2.24, 2.45) is 0 Å². The van der Waals surface area contributed by atoms with Crippen molar-refractivity contribution in [1.29, 1.82) is 0 Å². The van der Waals surface area contributed by atoms with Gasteiger partial charge in [-0.3, -0.25) is 20.4 Å². The molecule has 1 aliphatic carbocycles. The van der Waals surface area contributed by atoms with Crippen LogP contribution in [0, 0.1) is 0 Å². The van der Waals surface area contributed by atoms with Crippen LogP contribution in [0.25, 0.3) is 11.1 Å². The number of hydrazine groups is 1. The number of carbonyl (C=O) groups is 4. The van der Waals surface area contributed by atoms with Gasteiger partial charge >= 0.3 is 12.2 Å². The molecule has 3 aromatic rings. The second kappa shape index (κ2) is 15.7. The first-order chi connectivity index (χ1) is 21.6. The maximum Gasteiger partial charge on any atom is 0.408 e. The molecule has 10 nitrogen and oxygen atoms in total. The van der Waals surface area contributed by atoms with Crippen LogP contribution in [0.15, 0.2) is 78.9 Å². The summed E-state index contributed by atoms with van der Waals surface area (Å²) in [6.07, 6.45) is 1.15. The Hall–Kier alpha value is -4.86. The minimum absolute atomic E-state index is 0.00358. The largest absolute Gasteiger partial charge is 0.449 e. The van der Waals surface area contributed by atoms with E-state index in [-0.39, 0.29) is 31.3 Å². The first-order valence-electron chi connectivity index (χ1n) is 15.3. The summed E-state index contributed by atoms with van der Waals surface area (Å²) in [5, 5.41) is 5.37. The third-order valence-corrected chi connectivity index (χ3v) is 7.31. The number of nitrogens with one attached hydrogen (secondary N) is 4. The molecule has 4 N–H and O–H groups in total. The van der Waals surface area contributed by atoms with Gasteiger partial charge < -0.3 is 20.1 Å². The molecule has 1 unspecified atom stereocenters. The molecule has 1 atom stereocenters. The number of carbonyl (C=O) groups excluding carboxylic acids is 4. The fraction of sp³-hybridized carbons (Fsp3) is 0.371. The summed E-state index contributed by atoms with van der Waals surface area (Å²) in [5.74, 6) is -0.919. The van der Waals surface area contributed by atoms with Gasteiger partial charge in [0.25, 0.3) is 5.91 Å². The minimum atomic E-state index is -0.952. The summed E-state index contributed by atoms with van der Waals surface area (Å²) in [6.45, 7) is 5.88. The van der Waals surface area contributed by atoms with E-state index in [2.05, 4.69) is 45.8 Å². The van der Waals surface area contributed by atoms with Crippen LogP contribution in [0.4, 0.5) is 9.59 Å². The van der Waals surface area contributed by atoms with Crippen LogP contribution in [0.1, 0.15) is 69.1 Å². The van der Waals surface area contributed by atoms with Crippen molar-refractivity contribution < 1.29 is 28.7 Å². The van der Waals surface area contributed by atoms with Crippen molar-refractivity contribution >= 4 is 24.0 Å². The van der Waals surface area contributed by atoms with Crippen LogP contribution < -0.4 is 21.5 Å². The van der Waals surface area contributed by atoms with Gasteiger partial charge in [0, 0.05) is 25.3 Å². The third kappa shape index (κ3) is 10.1. The fourth-order valence-corrected chi connectivity index (χ4v) is 5.22. The number of hydrogen-bond donors (Lipinski definition) is 4. The predicted octanol–water partition coefficient (Wildman–Crippen LogP) is 5.37.